The van der Waals surface area contributed by atoms with Crippen LogP contribution in [0.3, 0.4) is 0 Å². The molecule has 0 N–H and O–H groups in total. The summed E-state index contributed by atoms with van der Waals surface area (Å²) in [4.78, 5) is 40.7. The van der Waals surface area contributed by atoms with Crippen molar-refractivity contribution in [3.8, 4) is 0 Å². The fourth-order valence-electron chi connectivity index (χ4n) is 3.74. The third-order valence-electron chi connectivity index (χ3n) is 5.07. The molecule has 2 atom stereocenters. The average molecular weight is 440 g/mol. The minimum atomic E-state index is -1.06. The van der Waals surface area contributed by atoms with E-state index >= 15 is 0 Å². The van der Waals surface area contributed by atoms with Gasteiger partial charge in [-0.25, -0.2) is 9.69 Å². The molecule has 2 aromatic carbocycles. The lowest BCUT2D eigenvalue weighted by Crippen LogP contribution is -2.49. The van der Waals surface area contributed by atoms with Crippen LogP contribution in [0.2, 0.25) is 5.02 Å². The van der Waals surface area contributed by atoms with Crippen LogP contribution < -0.4 is 4.90 Å². The van der Waals surface area contributed by atoms with E-state index in [0.29, 0.717) is 16.4 Å². The van der Waals surface area contributed by atoms with Crippen LogP contribution in [0, 0.1) is 5.92 Å². The van der Waals surface area contributed by atoms with Crippen molar-refractivity contribution in [2.75, 3.05) is 4.90 Å². The predicted octanol–water partition coefficient (Wildman–Crippen LogP) is 4.24. The molecular weight excluding hydrogens is 418 g/mol. The third-order valence-corrected chi connectivity index (χ3v) is 5.32. The molecule has 0 aromatic heterocycles. The van der Waals surface area contributed by atoms with Gasteiger partial charge >= 0.3 is 6.09 Å². The number of para-hydroxylation sites is 1. The monoisotopic (exact) mass is 439 g/mol. The highest BCUT2D eigenvalue weighted by Gasteiger charge is 2.55. The minimum Gasteiger partial charge on any atom is -0.442 e. The van der Waals surface area contributed by atoms with Crippen molar-refractivity contribution in [2.45, 2.75) is 38.8 Å². The molecule has 1 saturated heterocycles. The quantitative estimate of drug-likeness (QED) is 0.655. The van der Waals surface area contributed by atoms with Gasteiger partial charge in [-0.2, -0.15) is 10.1 Å². The lowest BCUT2D eigenvalue weighted by atomic mass is 9.91. The molecule has 2 aromatic rings. The number of nitrogens with zero attached hydrogens (tertiary/aromatic N) is 3. The summed E-state index contributed by atoms with van der Waals surface area (Å²) in [5, 5.41) is 6.03. The number of benzene rings is 2. The SMILES string of the molecule is CC(C)(C)OC(=O)N1N=C(c2ccc(Cl)cc2)CC2C(=O)N(c3ccccc3)C(=O)C21. The maximum atomic E-state index is 13.3. The summed E-state index contributed by atoms with van der Waals surface area (Å²) in [5.41, 5.74) is 0.906. The van der Waals surface area contributed by atoms with Crippen LogP contribution in [0.25, 0.3) is 0 Å². The molecule has 0 aliphatic carbocycles. The number of hydrogen-bond donors (Lipinski definition) is 0. The molecule has 3 amide bonds. The molecule has 31 heavy (non-hydrogen) atoms. The molecule has 2 heterocycles. The molecule has 8 heteroatoms. The second-order valence-electron chi connectivity index (χ2n) is 8.48. The highest BCUT2D eigenvalue weighted by molar-refractivity contribution is 6.30. The lowest BCUT2D eigenvalue weighted by Gasteiger charge is -2.32. The molecule has 4 rings (SSSR count). The first-order valence-corrected chi connectivity index (χ1v) is 10.3. The van der Waals surface area contributed by atoms with Crippen molar-refractivity contribution in [1.29, 1.82) is 0 Å². The summed E-state index contributed by atoms with van der Waals surface area (Å²) in [5.74, 6) is -1.62. The van der Waals surface area contributed by atoms with E-state index in [9.17, 15) is 14.4 Å². The number of rotatable bonds is 2. The van der Waals surface area contributed by atoms with E-state index in [2.05, 4.69) is 5.10 Å². The number of fused-ring (bicyclic) bond motifs is 1. The molecule has 0 radical (unpaired) electrons. The van der Waals surface area contributed by atoms with Gasteiger partial charge in [-0.15, -0.1) is 0 Å². The molecule has 2 aliphatic rings. The van der Waals surface area contributed by atoms with Crippen molar-refractivity contribution >= 4 is 40.9 Å². The molecule has 0 saturated carbocycles. The second-order valence-corrected chi connectivity index (χ2v) is 8.92. The minimum absolute atomic E-state index is 0.222. The summed E-state index contributed by atoms with van der Waals surface area (Å²) in [6.07, 6.45) is -0.552. The molecule has 2 unspecified atom stereocenters. The Balaban J connectivity index is 1.76. The van der Waals surface area contributed by atoms with Gasteiger partial charge in [0.05, 0.1) is 17.3 Å². The zero-order valence-electron chi connectivity index (χ0n) is 17.4. The van der Waals surface area contributed by atoms with Crippen LogP contribution in [0.4, 0.5) is 10.5 Å². The first-order chi connectivity index (χ1) is 14.7. The van der Waals surface area contributed by atoms with Crippen LogP contribution in [0.1, 0.15) is 32.8 Å². The van der Waals surface area contributed by atoms with Crippen LogP contribution in [0.15, 0.2) is 59.7 Å². The van der Waals surface area contributed by atoms with Crippen molar-refractivity contribution < 1.29 is 19.1 Å². The van der Waals surface area contributed by atoms with Crippen molar-refractivity contribution in [3.05, 3.63) is 65.2 Å². The predicted molar refractivity (Wildman–Crippen MR) is 117 cm³/mol. The Hall–Kier alpha value is -3.19. The van der Waals surface area contributed by atoms with Gasteiger partial charge in [-0.1, -0.05) is 41.9 Å². The number of ether oxygens (including phenoxy) is 1. The van der Waals surface area contributed by atoms with Crippen molar-refractivity contribution in [2.24, 2.45) is 11.0 Å². The third kappa shape index (κ3) is 4.05. The first-order valence-electron chi connectivity index (χ1n) is 9.94. The Morgan fingerprint density at radius 2 is 1.68 bits per heavy atom. The van der Waals surface area contributed by atoms with Crippen molar-refractivity contribution in [1.82, 2.24) is 5.01 Å². The van der Waals surface area contributed by atoms with Gasteiger partial charge in [-0.05, 0) is 50.6 Å². The molecule has 2 aliphatic heterocycles. The van der Waals surface area contributed by atoms with Gasteiger partial charge in [0.25, 0.3) is 5.91 Å². The number of imide groups is 1. The molecule has 160 valence electrons. The van der Waals surface area contributed by atoms with Crippen LogP contribution in [-0.4, -0.2) is 40.3 Å². The zero-order chi connectivity index (χ0) is 22.3. The van der Waals surface area contributed by atoms with E-state index in [0.717, 1.165) is 15.5 Å². The number of halogens is 1. The van der Waals surface area contributed by atoms with Crippen LogP contribution in [-0.2, 0) is 14.3 Å². The van der Waals surface area contributed by atoms with E-state index in [1.54, 1.807) is 75.4 Å². The fraction of sp³-hybridized carbons (Fsp3) is 0.304. The molecule has 7 nitrogen and oxygen atoms in total. The summed E-state index contributed by atoms with van der Waals surface area (Å²) in [6, 6.07) is 14.6. The van der Waals surface area contributed by atoms with Gasteiger partial charge < -0.3 is 4.74 Å². The Morgan fingerprint density at radius 3 is 2.29 bits per heavy atom. The summed E-state index contributed by atoms with van der Waals surface area (Å²) in [7, 11) is 0. The van der Waals surface area contributed by atoms with Crippen LogP contribution >= 0.6 is 11.6 Å². The number of hydrogen-bond acceptors (Lipinski definition) is 5. The Kier molecular flexibility index (Phi) is 5.31. The van der Waals surface area contributed by atoms with E-state index in [4.69, 9.17) is 16.3 Å². The summed E-state index contributed by atoms with van der Waals surface area (Å²) < 4.78 is 5.49. The molecule has 1 fully saturated rings. The molecule has 0 spiro atoms. The lowest BCUT2D eigenvalue weighted by molar-refractivity contribution is -0.123. The van der Waals surface area contributed by atoms with Gasteiger partial charge in [0.1, 0.15) is 5.60 Å². The Morgan fingerprint density at radius 1 is 1.03 bits per heavy atom. The number of amides is 3. The Labute approximate surface area is 185 Å². The van der Waals surface area contributed by atoms with Crippen molar-refractivity contribution in [3.63, 3.8) is 0 Å². The summed E-state index contributed by atoms with van der Waals surface area (Å²) >= 11 is 5.99. The maximum absolute atomic E-state index is 13.3. The first kappa shape index (κ1) is 21.1. The van der Waals surface area contributed by atoms with Crippen LogP contribution in [0.5, 0.6) is 0 Å². The fourth-order valence-corrected chi connectivity index (χ4v) is 3.87. The van der Waals surface area contributed by atoms with Gasteiger partial charge in [0, 0.05) is 11.4 Å². The summed E-state index contributed by atoms with van der Waals surface area (Å²) in [6.45, 7) is 5.19. The zero-order valence-corrected chi connectivity index (χ0v) is 18.2. The number of anilines is 1. The second kappa shape index (κ2) is 7.81. The molecule has 0 bridgehead atoms. The largest absolute Gasteiger partial charge is 0.442 e. The Bertz CT molecular complexity index is 1060. The molecular formula is C23H22ClN3O4. The normalized spacial score (nSPS) is 21.1. The maximum Gasteiger partial charge on any atom is 0.431 e. The number of carbonyl (C=O) groups excluding carboxylic acids is 3. The highest BCUT2D eigenvalue weighted by atomic mass is 35.5. The smallest absolute Gasteiger partial charge is 0.431 e. The standard InChI is InChI=1S/C23H22ClN3O4/c1-23(2,3)31-22(30)27-19-17(13-18(25-27)14-9-11-15(24)12-10-14)20(28)26(21(19)29)16-7-5-4-6-8-16/h4-12,17,19H,13H2,1-3H3. The number of hydrazone groups is 1. The van der Waals surface area contributed by atoms with Gasteiger partial charge in [-0.3, -0.25) is 9.59 Å². The average Bonchev–Trinajstić information content (AvgIpc) is 2.97. The van der Waals surface area contributed by atoms with E-state index in [1.165, 1.54) is 0 Å². The van der Waals surface area contributed by atoms with E-state index in [-0.39, 0.29) is 12.3 Å². The van der Waals surface area contributed by atoms with E-state index < -0.39 is 29.6 Å². The van der Waals surface area contributed by atoms with E-state index in [1.807, 2.05) is 0 Å². The van der Waals surface area contributed by atoms with Gasteiger partial charge in [0.2, 0.25) is 5.91 Å². The van der Waals surface area contributed by atoms with Gasteiger partial charge in [0.15, 0.2) is 6.04 Å². The number of carbonyl (C=O) groups is 3. The topological polar surface area (TPSA) is 79.3 Å². The highest BCUT2D eigenvalue weighted by Crippen LogP contribution is 2.36.